The molecule has 0 unspecified atom stereocenters. The normalized spacial score (nSPS) is 13.1. The quantitative estimate of drug-likeness (QED) is 0.662. The Kier molecular flexibility index (Phi) is 6.76. The molecule has 2 aromatic carbocycles. The molecule has 1 amide bonds. The number of sulfonamides is 1. The second-order valence-corrected chi connectivity index (χ2v) is 9.05. The van der Waals surface area contributed by atoms with Crippen LogP contribution in [0.3, 0.4) is 0 Å². The van der Waals surface area contributed by atoms with Crippen LogP contribution in [0.5, 0.6) is 0 Å². The zero-order chi connectivity index (χ0) is 22.1. The van der Waals surface area contributed by atoms with Crippen LogP contribution in [-0.2, 0) is 21.0 Å². The Bertz CT molecular complexity index is 1040. The first-order valence-corrected chi connectivity index (χ1v) is 10.8. The first-order chi connectivity index (χ1) is 13.2. The number of anilines is 2. The van der Waals surface area contributed by atoms with Crippen LogP contribution in [0.2, 0.25) is 10.0 Å². The van der Waals surface area contributed by atoms with Crippen molar-refractivity contribution in [2.45, 2.75) is 26.1 Å². The largest absolute Gasteiger partial charge is 0.416 e. The van der Waals surface area contributed by atoms with E-state index >= 15 is 0 Å². The number of carbonyl (C=O) groups is 1. The zero-order valence-corrected chi connectivity index (χ0v) is 17.8. The molecule has 0 saturated carbocycles. The van der Waals surface area contributed by atoms with Crippen molar-refractivity contribution in [3.8, 4) is 0 Å². The lowest BCUT2D eigenvalue weighted by Gasteiger charge is -2.29. The Morgan fingerprint density at radius 3 is 2.31 bits per heavy atom. The van der Waals surface area contributed by atoms with Crippen molar-refractivity contribution in [3.05, 3.63) is 57.6 Å². The molecule has 0 aliphatic heterocycles. The fraction of sp³-hybridized carbons (Fsp3) is 0.278. The van der Waals surface area contributed by atoms with Gasteiger partial charge in [0.2, 0.25) is 15.9 Å². The Hall–Kier alpha value is -1.97. The maximum atomic E-state index is 12.9. The summed E-state index contributed by atoms with van der Waals surface area (Å²) in [5.74, 6) is -0.865. The van der Waals surface area contributed by atoms with E-state index in [9.17, 15) is 26.4 Å². The maximum Gasteiger partial charge on any atom is 0.416 e. The van der Waals surface area contributed by atoms with Crippen LogP contribution in [-0.4, -0.2) is 26.6 Å². The van der Waals surface area contributed by atoms with Gasteiger partial charge in [-0.1, -0.05) is 29.3 Å². The predicted octanol–water partition coefficient (Wildman–Crippen LogP) is 5.11. The van der Waals surface area contributed by atoms with Gasteiger partial charge in [-0.05, 0) is 49.7 Å². The molecule has 0 aromatic heterocycles. The summed E-state index contributed by atoms with van der Waals surface area (Å²) in [6, 6.07) is 5.70. The molecular weight excluding hydrogens is 452 g/mol. The number of hydrogen-bond donors (Lipinski definition) is 1. The molecule has 0 heterocycles. The van der Waals surface area contributed by atoms with Crippen molar-refractivity contribution in [2.24, 2.45) is 0 Å². The highest BCUT2D eigenvalue weighted by Gasteiger charge is 2.33. The first-order valence-electron chi connectivity index (χ1n) is 8.15. The molecule has 2 aromatic rings. The Balaban J connectivity index is 2.42. The van der Waals surface area contributed by atoms with Gasteiger partial charge in [-0.3, -0.25) is 9.10 Å². The van der Waals surface area contributed by atoms with E-state index in [0.29, 0.717) is 11.6 Å². The molecule has 0 saturated heterocycles. The van der Waals surface area contributed by atoms with E-state index in [1.54, 1.807) is 19.1 Å². The number of nitrogens with one attached hydrogen (secondary N) is 1. The molecule has 2 rings (SSSR count). The summed E-state index contributed by atoms with van der Waals surface area (Å²) >= 11 is 11.9. The molecule has 0 spiro atoms. The van der Waals surface area contributed by atoms with Crippen LogP contribution < -0.4 is 9.62 Å². The summed E-state index contributed by atoms with van der Waals surface area (Å²) in [5, 5.41) is 2.40. The molecule has 0 aliphatic carbocycles. The van der Waals surface area contributed by atoms with E-state index < -0.39 is 33.7 Å². The average Bonchev–Trinajstić information content (AvgIpc) is 2.57. The topological polar surface area (TPSA) is 66.5 Å². The second kappa shape index (κ2) is 8.41. The van der Waals surface area contributed by atoms with Crippen LogP contribution in [0.15, 0.2) is 36.4 Å². The molecule has 29 heavy (non-hydrogen) atoms. The number of rotatable bonds is 5. The van der Waals surface area contributed by atoms with Crippen molar-refractivity contribution < 1.29 is 26.4 Å². The highest BCUT2D eigenvalue weighted by Crippen LogP contribution is 2.34. The molecule has 158 valence electrons. The lowest BCUT2D eigenvalue weighted by atomic mass is 10.1. The molecule has 11 heteroatoms. The maximum absolute atomic E-state index is 12.9. The number of benzene rings is 2. The Labute approximate surface area is 176 Å². The van der Waals surface area contributed by atoms with E-state index in [0.717, 1.165) is 22.7 Å². The molecule has 0 bridgehead atoms. The summed E-state index contributed by atoms with van der Waals surface area (Å²) < 4.78 is 64.4. The summed E-state index contributed by atoms with van der Waals surface area (Å²) in [4.78, 5) is 12.7. The fourth-order valence-corrected chi connectivity index (χ4v) is 4.19. The second-order valence-electron chi connectivity index (χ2n) is 6.35. The number of carbonyl (C=O) groups excluding carboxylic acids is 1. The van der Waals surface area contributed by atoms with E-state index in [1.807, 2.05) is 0 Å². The van der Waals surface area contributed by atoms with Gasteiger partial charge in [0, 0.05) is 5.02 Å². The van der Waals surface area contributed by atoms with E-state index in [4.69, 9.17) is 23.2 Å². The van der Waals surface area contributed by atoms with E-state index in [-0.39, 0.29) is 21.4 Å². The summed E-state index contributed by atoms with van der Waals surface area (Å²) in [7, 11) is -3.93. The van der Waals surface area contributed by atoms with Gasteiger partial charge < -0.3 is 5.32 Å². The van der Waals surface area contributed by atoms with Crippen LogP contribution in [0.1, 0.15) is 18.1 Å². The number of halogens is 5. The molecule has 0 aliphatic rings. The van der Waals surface area contributed by atoms with Gasteiger partial charge >= 0.3 is 6.18 Å². The van der Waals surface area contributed by atoms with Crippen LogP contribution >= 0.6 is 23.2 Å². The van der Waals surface area contributed by atoms with Crippen LogP contribution in [0, 0.1) is 6.92 Å². The predicted molar refractivity (Wildman–Crippen MR) is 108 cm³/mol. The van der Waals surface area contributed by atoms with Gasteiger partial charge in [-0.2, -0.15) is 13.2 Å². The number of aryl methyl sites for hydroxylation is 1. The van der Waals surface area contributed by atoms with Crippen LogP contribution in [0.4, 0.5) is 24.5 Å². The molecular formula is C18H17Cl2F3N2O3S. The minimum absolute atomic E-state index is 0.122. The lowest BCUT2D eigenvalue weighted by Crippen LogP contribution is -2.45. The van der Waals surface area contributed by atoms with Gasteiger partial charge in [0.1, 0.15) is 6.04 Å². The van der Waals surface area contributed by atoms with Crippen LogP contribution in [0.25, 0.3) is 0 Å². The molecule has 1 atom stereocenters. The standard InChI is InChI=1S/C18H17Cl2F3N2O3S/c1-10-4-6-13(19)9-16(10)25(29(3,27)28)11(2)17(26)24-15-8-12(18(21,22)23)5-7-14(15)20/h4-9,11H,1-3H3,(H,24,26)/t11-/m0/s1. The smallest absolute Gasteiger partial charge is 0.323 e. The first kappa shape index (κ1) is 23.3. The molecule has 1 N–H and O–H groups in total. The van der Waals surface area contributed by atoms with Gasteiger partial charge in [-0.15, -0.1) is 0 Å². The zero-order valence-electron chi connectivity index (χ0n) is 15.5. The van der Waals surface area contributed by atoms with Crippen molar-refractivity contribution in [2.75, 3.05) is 15.9 Å². The Morgan fingerprint density at radius 1 is 1.14 bits per heavy atom. The molecule has 0 fully saturated rings. The minimum Gasteiger partial charge on any atom is -0.323 e. The Morgan fingerprint density at radius 2 is 1.76 bits per heavy atom. The van der Waals surface area contributed by atoms with Crippen molar-refractivity contribution in [1.29, 1.82) is 0 Å². The van der Waals surface area contributed by atoms with Crippen molar-refractivity contribution >= 4 is 50.5 Å². The monoisotopic (exact) mass is 468 g/mol. The number of nitrogens with zero attached hydrogens (tertiary/aromatic N) is 1. The highest BCUT2D eigenvalue weighted by molar-refractivity contribution is 7.92. The third kappa shape index (κ3) is 5.55. The summed E-state index contributed by atoms with van der Waals surface area (Å²) in [6.45, 7) is 2.94. The average molecular weight is 469 g/mol. The van der Waals surface area contributed by atoms with Gasteiger partial charge in [0.15, 0.2) is 0 Å². The van der Waals surface area contributed by atoms with E-state index in [1.165, 1.54) is 13.0 Å². The number of hydrogen-bond acceptors (Lipinski definition) is 3. The number of alkyl halides is 3. The summed E-state index contributed by atoms with van der Waals surface area (Å²) in [6.07, 6.45) is -3.72. The highest BCUT2D eigenvalue weighted by atomic mass is 35.5. The van der Waals surface area contributed by atoms with Crippen molar-refractivity contribution in [3.63, 3.8) is 0 Å². The third-order valence-corrected chi connectivity index (χ3v) is 5.84. The minimum atomic E-state index is -4.63. The fourth-order valence-electron chi connectivity index (χ4n) is 2.64. The van der Waals surface area contributed by atoms with Crippen molar-refractivity contribution in [1.82, 2.24) is 0 Å². The molecule has 5 nitrogen and oxygen atoms in total. The lowest BCUT2D eigenvalue weighted by molar-refractivity contribution is -0.137. The summed E-state index contributed by atoms with van der Waals surface area (Å²) in [5.41, 5.74) is -0.570. The van der Waals surface area contributed by atoms with Gasteiger partial charge in [0.25, 0.3) is 0 Å². The van der Waals surface area contributed by atoms with E-state index in [2.05, 4.69) is 5.32 Å². The molecule has 0 radical (unpaired) electrons. The SMILES string of the molecule is Cc1ccc(Cl)cc1N([C@@H](C)C(=O)Nc1cc(C(F)(F)F)ccc1Cl)S(C)(=O)=O. The van der Waals surface area contributed by atoms with Gasteiger partial charge in [-0.25, -0.2) is 8.42 Å². The van der Waals surface area contributed by atoms with Gasteiger partial charge in [0.05, 0.1) is 28.2 Å². The number of amides is 1. The third-order valence-electron chi connectivity index (χ3n) is 4.05.